The van der Waals surface area contributed by atoms with E-state index in [2.05, 4.69) is 30.1 Å². The molecule has 96 valence electrons. The van der Waals surface area contributed by atoms with Crippen LogP contribution in [0.5, 0.6) is 0 Å². The third-order valence-corrected chi connectivity index (χ3v) is 3.27. The van der Waals surface area contributed by atoms with Crippen molar-refractivity contribution in [3.8, 4) is 0 Å². The number of piperazine rings is 1. The van der Waals surface area contributed by atoms with Crippen molar-refractivity contribution in [1.82, 2.24) is 10.2 Å². The summed E-state index contributed by atoms with van der Waals surface area (Å²) in [5.74, 6) is 2.86. The Kier molecular flexibility index (Phi) is 4.24. The van der Waals surface area contributed by atoms with E-state index in [-0.39, 0.29) is 0 Å². The number of hydrogen-bond acceptors (Lipinski definition) is 3. The second kappa shape index (κ2) is 5.69. The molecule has 0 aliphatic carbocycles. The van der Waals surface area contributed by atoms with Gasteiger partial charge >= 0.3 is 0 Å². The van der Waals surface area contributed by atoms with E-state index in [1.807, 2.05) is 13.0 Å². The van der Waals surface area contributed by atoms with Gasteiger partial charge in [-0.3, -0.25) is 4.90 Å². The van der Waals surface area contributed by atoms with Crippen molar-refractivity contribution in [3.05, 3.63) is 23.7 Å². The summed E-state index contributed by atoms with van der Waals surface area (Å²) in [5.41, 5.74) is 0. The monoisotopic (exact) mass is 236 g/mol. The van der Waals surface area contributed by atoms with Crippen molar-refractivity contribution in [1.29, 1.82) is 0 Å². The van der Waals surface area contributed by atoms with Crippen LogP contribution in [0.4, 0.5) is 0 Å². The van der Waals surface area contributed by atoms with Crippen molar-refractivity contribution in [2.45, 2.75) is 39.8 Å². The van der Waals surface area contributed by atoms with Crippen molar-refractivity contribution in [3.63, 3.8) is 0 Å². The lowest BCUT2D eigenvalue weighted by molar-refractivity contribution is 0.168. The lowest BCUT2D eigenvalue weighted by Gasteiger charge is -2.34. The van der Waals surface area contributed by atoms with Crippen LogP contribution in [-0.2, 0) is 6.54 Å². The molecule has 0 amide bonds. The number of nitrogens with one attached hydrogen (secondary N) is 1. The van der Waals surface area contributed by atoms with Crippen molar-refractivity contribution >= 4 is 0 Å². The van der Waals surface area contributed by atoms with Gasteiger partial charge in [0, 0.05) is 25.7 Å². The van der Waals surface area contributed by atoms with Crippen LogP contribution in [0, 0.1) is 12.8 Å². The van der Waals surface area contributed by atoms with Gasteiger partial charge in [0.05, 0.1) is 6.54 Å². The fourth-order valence-electron chi connectivity index (χ4n) is 2.56. The Bertz CT molecular complexity index is 346. The van der Waals surface area contributed by atoms with Gasteiger partial charge in [-0.2, -0.15) is 0 Å². The van der Waals surface area contributed by atoms with Gasteiger partial charge in [0.1, 0.15) is 11.5 Å². The van der Waals surface area contributed by atoms with Gasteiger partial charge in [0.15, 0.2) is 0 Å². The molecule has 0 bridgehead atoms. The molecule has 0 aromatic carbocycles. The summed E-state index contributed by atoms with van der Waals surface area (Å²) in [6.45, 7) is 10.9. The zero-order chi connectivity index (χ0) is 12.3. The molecule has 0 saturated carbocycles. The molecule has 1 unspecified atom stereocenters. The predicted octanol–water partition coefficient (Wildman–Crippen LogP) is 2.41. The van der Waals surface area contributed by atoms with Crippen LogP contribution in [-0.4, -0.2) is 30.6 Å². The highest BCUT2D eigenvalue weighted by atomic mass is 16.3. The summed E-state index contributed by atoms with van der Waals surface area (Å²) in [5, 5.41) is 3.60. The van der Waals surface area contributed by atoms with E-state index < -0.39 is 0 Å². The molecule has 0 spiro atoms. The summed E-state index contributed by atoms with van der Waals surface area (Å²) in [7, 11) is 0. The third-order valence-electron chi connectivity index (χ3n) is 3.27. The molecule has 1 aromatic rings. The zero-order valence-electron chi connectivity index (χ0n) is 11.2. The molecule has 2 rings (SSSR count). The number of furan rings is 1. The van der Waals surface area contributed by atoms with E-state index in [9.17, 15) is 0 Å². The molecule has 17 heavy (non-hydrogen) atoms. The summed E-state index contributed by atoms with van der Waals surface area (Å²) in [4.78, 5) is 2.49. The van der Waals surface area contributed by atoms with Crippen LogP contribution in [0.1, 0.15) is 31.8 Å². The van der Waals surface area contributed by atoms with Gasteiger partial charge in [0.25, 0.3) is 0 Å². The average molecular weight is 236 g/mol. The summed E-state index contributed by atoms with van der Waals surface area (Å²) >= 11 is 0. The Morgan fingerprint density at radius 1 is 1.47 bits per heavy atom. The molecule has 1 atom stereocenters. The molecule has 1 saturated heterocycles. The number of rotatable bonds is 4. The summed E-state index contributed by atoms with van der Waals surface area (Å²) in [6.07, 6.45) is 1.26. The molecular weight excluding hydrogens is 212 g/mol. The Morgan fingerprint density at radius 2 is 2.29 bits per heavy atom. The lowest BCUT2D eigenvalue weighted by Crippen LogP contribution is -2.50. The molecule has 3 heteroatoms. The van der Waals surface area contributed by atoms with Crippen LogP contribution >= 0.6 is 0 Å². The first-order valence-corrected chi connectivity index (χ1v) is 6.64. The molecular formula is C14H24N2O. The molecule has 3 nitrogen and oxygen atoms in total. The fraction of sp³-hybridized carbons (Fsp3) is 0.714. The second-order valence-corrected chi connectivity index (χ2v) is 5.53. The normalized spacial score (nSPS) is 22.2. The van der Waals surface area contributed by atoms with Crippen LogP contribution in [0.2, 0.25) is 0 Å². The van der Waals surface area contributed by atoms with Gasteiger partial charge in [-0.05, 0) is 31.4 Å². The largest absolute Gasteiger partial charge is 0.465 e. The smallest absolute Gasteiger partial charge is 0.118 e. The average Bonchev–Trinajstić information content (AvgIpc) is 2.63. The van der Waals surface area contributed by atoms with Crippen LogP contribution < -0.4 is 5.32 Å². The quantitative estimate of drug-likeness (QED) is 0.870. The minimum absolute atomic E-state index is 0.639. The van der Waals surface area contributed by atoms with Crippen LogP contribution in [0.25, 0.3) is 0 Å². The fourth-order valence-corrected chi connectivity index (χ4v) is 2.56. The highest BCUT2D eigenvalue weighted by molar-refractivity contribution is 5.05. The molecule has 1 aromatic heterocycles. The highest BCUT2D eigenvalue weighted by Crippen LogP contribution is 2.14. The van der Waals surface area contributed by atoms with Gasteiger partial charge in [-0.25, -0.2) is 0 Å². The Balaban J connectivity index is 1.85. The highest BCUT2D eigenvalue weighted by Gasteiger charge is 2.20. The Labute approximate surface area is 104 Å². The maximum atomic E-state index is 5.64. The van der Waals surface area contributed by atoms with Gasteiger partial charge in [-0.1, -0.05) is 13.8 Å². The van der Waals surface area contributed by atoms with Gasteiger partial charge in [-0.15, -0.1) is 0 Å². The predicted molar refractivity (Wildman–Crippen MR) is 70.0 cm³/mol. The Hall–Kier alpha value is -0.800. The number of hydrogen-bond donors (Lipinski definition) is 1. The van der Waals surface area contributed by atoms with Crippen molar-refractivity contribution < 1.29 is 4.42 Å². The first-order valence-electron chi connectivity index (χ1n) is 6.64. The SMILES string of the molecule is Cc1ccc(CN2CCNC(CC(C)C)C2)o1. The molecule has 1 N–H and O–H groups in total. The summed E-state index contributed by atoms with van der Waals surface area (Å²) in [6, 6.07) is 4.78. The lowest BCUT2D eigenvalue weighted by atomic mass is 10.0. The van der Waals surface area contributed by atoms with Crippen molar-refractivity contribution in [2.75, 3.05) is 19.6 Å². The number of aryl methyl sites for hydroxylation is 1. The summed E-state index contributed by atoms with van der Waals surface area (Å²) < 4.78 is 5.64. The maximum absolute atomic E-state index is 5.64. The van der Waals surface area contributed by atoms with Crippen molar-refractivity contribution in [2.24, 2.45) is 5.92 Å². The van der Waals surface area contributed by atoms with E-state index in [0.717, 1.165) is 43.6 Å². The molecule has 2 heterocycles. The first-order chi connectivity index (χ1) is 8.13. The van der Waals surface area contributed by atoms with Crippen LogP contribution in [0.3, 0.4) is 0 Å². The first kappa shape index (κ1) is 12.7. The maximum Gasteiger partial charge on any atom is 0.118 e. The molecule has 0 radical (unpaired) electrons. The number of nitrogens with zero attached hydrogens (tertiary/aromatic N) is 1. The Morgan fingerprint density at radius 3 is 2.94 bits per heavy atom. The molecule has 1 aliphatic rings. The topological polar surface area (TPSA) is 28.4 Å². The minimum atomic E-state index is 0.639. The zero-order valence-corrected chi connectivity index (χ0v) is 11.2. The van der Waals surface area contributed by atoms with E-state index in [1.165, 1.54) is 6.42 Å². The van der Waals surface area contributed by atoms with E-state index >= 15 is 0 Å². The molecule has 1 aliphatic heterocycles. The second-order valence-electron chi connectivity index (χ2n) is 5.53. The van der Waals surface area contributed by atoms with Gasteiger partial charge in [0.2, 0.25) is 0 Å². The third kappa shape index (κ3) is 3.86. The minimum Gasteiger partial charge on any atom is -0.465 e. The molecule has 1 fully saturated rings. The van der Waals surface area contributed by atoms with E-state index in [1.54, 1.807) is 0 Å². The van der Waals surface area contributed by atoms with E-state index in [4.69, 9.17) is 4.42 Å². The van der Waals surface area contributed by atoms with Gasteiger partial charge < -0.3 is 9.73 Å². The van der Waals surface area contributed by atoms with Crippen LogP contribution in [0.15, 0.2) is 16.5 Å². The standard InChI is InChI=1S/C14H24N2O/c1-11(2)8-13-9-16(7-6-15-13)10-14-5-4-12(3)17-14/h4-5,11,13,15H,6-10H2,1-3H3. The van der Waals surface area contributed by atoms with E-state index in [0.29, 0.717) is 6.04 Å².